The number of carbonyl (C=O) groups is 3. The maximum Gasteiger partial charge on any atom is 0.312 e. The second-order valence-corrected chi connectivity index (χ2v) is 6.06. The Morgan fingerprint density at radius 1 is 1.28 bits per heavy atom. The van der Waals surface area contributed by atoms with Crippen LogP contribution in [-0.2, 0) is 16.0 Å². The molecule has 0 radical (unpaired) electrons. The Bertz CT molecular complexity index is 594. The van der Waals surface area contributed by atoms with Crippen molar-refractivity contribution in [1.82, 2.24) is 20.9 Å². The van der Waals surface area contributed by atoms with Crippen molar-refractivity contribution in [3.05, 3.63) is 29.0 Å². The van der Waals surface area contributed by atoms with Gasteiger partial charge in [-0.2, -0.15) is 0 Å². The number of nitrogens with one attached hydrogen (secondary N) is 3. The van der Waals surface area contributed by atoms with Crippen molar-refractivity contribution in [3.63, 3.8) is 0 Å². The fourth-order valence-electron chi connectivity index (χ4n) is 2.09. The third-order valence-corrected chi connectivity index (χ3v) is 3.69. The molecule has 2 unspecified atom stereocenters. The molecule has 0 saturated heterocycles. The van der Waals surface area contributed by atoms with Gasteiger partial charge in [0.25, 0.3) is 0 Å². The molecule has 9 heteroatoms. The lowest BCUT2D eigenvalue weighted by Gasteiger charge is -2.20. The summed E-state index contributed by atoms with van der Waals surface area (Å²) in [7, 11) is 0. The number of hydrogen-bond acceptors (Lipinski definition) is 4. The zero-order valence-corrected chi connectivity index (χ0v) is 15.1. The van der Waals surface area contributed by atoms with Crippen LogP contribution >= 0.6 is 11.6 Å². The molecular formula is C16H24ClN5O3. The summed E-state index contributed by atoms with van der Waals surface area (Å²) in [6.45, 7) is 3.81. The maximum atomic E-state index is 12.0. The highest BCUT2D eigenvalue weighted by molar-refractivity contribution is 6.29. The van der Waals surface area contributed by atoms with Gasteiger partial charge in [-0.15, -0.1) is 0 Å². The number of aromatic nitrogens is 1. The first-order valence-corrected chi connectivity index (χ1v) is 8.43. The molecule has 0 aliphatic carbocycles. The number of rotatable bonds is 9. The number of carbonyl (C=O) groups excluding carboxylic acids is 3. The fourth-order valence-corrected chi connectivity index (χ4v) is 2.20. The van der Waals surface area contributed by atoms with Gasteiger partial charge < -0.3 is 21.7 Å². The molecule has 1 heterocycles. The molecule has 0 fully saturated rings. The Kier molecular flexibility index (Phi) is 8.69. The van der Waals surface area contributed by atoms with Crippen LogP contribution in [0.4, 0.5) is 4.79 Å². The number of amides is 4. The molecule has 138 valence electrons. The van der Waals surface area contributed by atoms with Crippen LogP contribution in [0.1, 0.15) is 32.3 Å². The fraction of sp³-hybridized carbons (Fsp3) is 0.500. The molecular weight excluding hydrogens is 346 g/mol. The number of pyridine rings is 1. The van der Waals surface area contributed by atoms with Crippen molar-refractivity contribution >= 4 is 29.4 Å². The Morgan fingerprint density at radius 3 is 2.56 bits per heavy atom. The van der Waals surface area contributed by atoms with Crippen molar-refractivity contribution in [3.8, 4) is 0 Å². The number of halogens is 1. The summed E-state index contributed by atoms with van der Waals surface area (Å²) in [6, 6.07) is 1.78. The second-order valence-electron chi connectivity index (χ2n) is 5.67. The standard InChI is InChI=1S/C16H24ClN5O3/c1-3-12(22-16(18)25)15(24)21-10(2)8-20-14(23)7-5-11-4-6-13(17)19-9-11/h4,6,9-10,12H,3,5,7-8H2,1-2H3,(H,20,23)(H,21,24)(H3,18,22,25). The summed E-state index contributed by atoms with van der Waals surface area (Å²) in [5.41, 5.74) is 5.95. The summed E-state index contributed by atoms with van der Waals surface area (Å²) in [6.07, 6.45) is 2.92. The highest BCUT2D eigenvalue weighted by Crippen LogP contribution is 2.07. The summed E-state index contributed by atoms with van der Waals surface area (Å²) in [4.78, 5) is 38.7. The SMILES string of the molecule is CCC(NC(N)=O)C(=O)NC(C)CNC(=O)CCc1ccc(Cl)nc1. The van der Waals surface area contributed by atoms with Gasteiger partial charge in [0.1, 0.15) is 11.2 Å². The molecule has 0 spiro atoms. The maximum absolute atomic E-state index is 12.0. The number of primary amides is 1. The normalized spacial score (nSPS) is 12.8. The lowest BCUT2D eigenvalue weighted by molar-refractivity contribution is -0.124. The number of aryl methyl sites for hydroxylation is 1. The molecule has 1 aromatic rings. The van der Waals surface area contributed by atoms with Gasteiger partial charge in [0.05, 0.1) is 0 Å². The van der Waals surface area contributed by atoms with E-state index in [2.05, 4.69) is 20.9 Å². The van der Waals surface area contributed by atoms with Gasteiger partial charge in [-0.3, -0.25) is 9.59 Å². The first kappa shape index (κ1) is 20.7. The minimum atomic E-state index is -0.750. The van der Waals surface area contributed by atoms with E-state index in [9.17, 15) is 14.4 Å². The van der Waals surface area contributed by atoms with Gasteiger partial charge in [-0.1, -0.05) is 24.6 Å². The summed E-state index contributed by atoms with van der Waals surface area (Å²) < 4.78 is 0. The van der Waals surface area contributed by atoms with Crippen molar-refractivity contribution in [2.24, 2.45) is 5.73 Å². The van der Waals surface area contributed by atoms with Crippen LogP contribution in [0.5, 0.6) is 0 Å². The smallest absolute Gasteiger partial charge is 0.312 e. The van der Waals surface area contributed by atoms with E-state index in [1.807, 2.05) is 6.07 Å². The molecule has 8 nitrogen and oxygen atoms in total. The minimum absolute atomic E-state index is 0.127. The molecule has 5 N–H and O–H groups in total. The number of nitrogens with two attached hydrogens (primary N) is 1. The minimum Gasteiger partial charge on any atom is -0.354 e. The van der Waals surface area contributed by atoms with Gasteiger partial charge in [0.2, 0.25) is 11.8 Å². The summed E-state index contributed by atoms with van der Waals surface area (Å²) in [5, 5.41) is 8.26. The van der Waals surface area contributed by atoms with Crippen molar-refractivity contribution in [2.45, 2.75) is 45.2 Å². The predicted octanol–water partition coefficient (Wildman–Crippen LogP) is 0.735. The van der Waals surface area contributed by atoms with E-state index in [1.165, 1.54) is 0 Å². The van der Waals surface area contributed by atoms with E-state index >= 15 is 0 Å². The predicted molar refractivity (Wildman–Crippen MR) is 95.0 cm³/mol. The van der Waals surface area contributed by atoms with Gasteiger partial charge >= 0.3 is 6.03 Å². The molecule has 2 atom stereocenters. The summed E-state index contributed by atoms with van der Waals surface area (Å²) >= 11 is 5.71. The number of nitrogens with zero attached hydrogens (tertiary/aromatic N) is 1. The van der Waals surface area contributed by atoms with Crippen LogP contribution in [0.2, 0.25) is 5.15 Å². The molecule has 1 rings (SSSR count). The average molecular weight is 370 g/mol. The van der Waals surface area contributed by atoms with E-state index in [4.69, 9.17) is 17.3 Å². The molecule has 1 aromatic heterocycles. The van der Waals surface area contributed by atoms with E-state index in [-0.39, 0.29) is 24.4 Å². The molecule has 0 aromatic carbocycles. The second kappa shape index (κ2) is 10.5. The molecule has 25 heavy (non-hydrogen) atoms. The van der Waals surface area contributed by atoms with Crippen molar-refractivity contribution < 1.29 is 14.4 Å². The molecule has 0 aliphatic heterocycles. The van der Waals surface area contributed by atoms with Crippen molar-refractivity contribution in [2.75, 3.05) is 6.54 Å². The molecule has 0 bridgehead atoms. The van der Waals surface area contributed by atoms with Crippen LogP contribution in [0.3, 0.4) is 0 Å². The Balaban J connectivity index is 2.31. The third kappa shape index (κ3) is 8.35. The Labute approximate surface area is 151 Å². The lowest BCUT2D eigenvalue weighted by Crippen LogP contribution is -2.52. The molecule has 0 saturated carbocycles. The van der Waals surface area contributed by atoms with Crippen molar-refractivity contribution in [1.29, 1.82) is 0 Å². The van der Waals surface area contributed by atoms with E-state index in [1.54, 1.807) is 26.1 Å². The van der Waals surface area contributed by atoms with Gasteiger partial charge in [0.15, 0.2) is 0 Å². The van der Waals surface area contributed by atoms with Gasteiger partial charge in [0, 0.05) is 25.2 Å². The van der Waals surface area contributed by atoms with E-state index in [0.717, 1.165) is 5.56 Å². The topological polar surface area (TPSA) is 126 Å². The highest BCUT2D eigenvalue weighted by Gasteiger charge is 2.19. The first-order chi connectivity index (χ1) is 11.8. The van der Waals surface area contributed by atoms with Crippen LogP contribution in [0, 0.1) is 0 Å². The highest BCUT2D eigenvalue weighted by atomic mass is 35.5. The zero-order chi connectivity index (χ0) is 18.8. The molecule has 4 amide bonds. The Morgan fingerprint density at radius 2 is 2.00 bits per heavy atom. The summed E-state index contributed by atoms with van der Waals surface area (Å²) in [5.74, 6) is -0.464. The average Bonchev–Trinajstić information content (AvgIpc) is 2.57. The van der Waals surface area contributed by atoms with Gasteiger partial charge in [-0.25, -0.2) is 9.78 Å². The largest absolute Gasteiger partial charge is 0.354 e. The quantitative estimate of drug-likeness (QED) is 0.479. The van der Waals surface area contributed by atoms with Crippen LogP contribution in [0.25, 0.3) is 0 Å². The van der Waals surface area contributed by atoms with Crippen LogP contribution in [0.15, 0.2) is 18.3 Å². The number of hydrogen-bond donors (Lipinski definition) is 4. The van der Waals surface area contributed by atoms with Crippen LogP contribution < -0.4 is 21.7 Å². The first-order valence-electron chi connectivity index (χ1n) is 8.05. The van der Waals surface area contributed by atoms with E-state index in [0.29, 0.717) is 24.4 Å². The Hall–Kier alpha value is -2.35. The van der Waals surface area contributed by atoms with Crippen LogP contribution in [-0.4, -0.2) is 41.5 Å². The molecule has 0 aliphatic rings. The zero-order valence-electron chi connectivity index (χ0n) is 14.3. The lowest BCUT2D eigenvalue weighted by atomic mass is 10.1. The monoisotopic (exact) mass is 369 g/mol. The number of urea groups is 1. The van der Waals surface area contributed by atoms with E-state index < -0.39 is 12.1 Å². The third-order valence-electron chi connectivity index (χ3n) is 3.46. The van der Waals surface area contributed by atoms with Gasteiger partial charge in [-0.05, 0) is 31.4 Å².